The number of aromatic nitrogens is 4. The van der Waals surface area contributed by atoms with Gasteiger partial charge in [0.15, 0.2) is 17.6 Å². The van der Waals surface area contributed by atoms with Crippen LogP contribution in [0.3, 0.4) is 0 Å². The number of anilines is 1. The topological polar surface area (TPSA) is 91.2 Å². The van der Waals surface area contributed by atoms with Gasteiger partial charge in [0.05, 0.1) is 29.5 Å². The number of ether oxygens (including phenoxy) is 2. The van der Waals surface area contributed by atoms with Crippen LogP contribution in [0.2, 0.25) is 0 Å². The molecule has 2 aromatic heterocycles. The zero-order valence-corrected chi connectivity index (χ0v) is 15.4. The summed E-state index contributed by atoms with van der Waals surface area (Å²) in [5, 5.41) is 7.16. The van der Waals surface area contributed by atoms with Crippen LogP contribution in [0.1, 0.15) is 10.4 Å². The van der Waals surface area contributed by atoms with Crippen LogP contribution in [0, 0.1) is 0 Å². The van der Waals surface area contributed by atoms with Crippen molar-refractivity contribution in [1.82, 2.24) is 19.7 Å². The summed E-state index contributed by atoms with van der Waals surface area (Å²) in [5.41, 5.74) is 2.52. The molecule has 0 aliphatic carbocycles. The number of fused-ring (bicyclic) bond motifs is 2. The van der Waals surface area contributed by atoms with Gasteiger partial charge in [-0.3, -0.25) is 19.4 Å². The van der Waals surface area contributed by atoms with Crippen LogP contribution in [0.15, 0.2) is 67.3 Å². The van der Waals surface area contributed by atoms with E-state index in [2.05, 4.69) is 20.4 Å². The predicted molar refractivity (Wildman–Crippen MR) is 106 cm³/mol. The van der Waals surface area contributed by atoms with Crippen molar-refractivity contribution < 1.29 is 14.3 Å². The monoisotopic (exact) mass is 387 g/mol. The molecule has 3 heterocycles. The summed E-state index contributed by atoms with van der Waals surface area (Å²) in [6.45, 7) is 0.951. The molecule has 1 atom stereocenters. The molecule has 5 rings (SSSR count). The summed E-state index contributed by atoms with van der Waals surface area (Å²) in [4.78, 5) is 21.0. The van der Waals surface area contributed by atoms with Crippen LogP contribution in [0.5, 0.6) is 11.5 Å². The standard InChI is InChI=1S/C21H17N5O3/c27-21(14-5-6-17-18(9-14)23-8-7-22-17)25-15-10-24-26(11-15)12-16-13-28-19-3-1-2-4-20(19)29-16/h1-11,16H,12-13H2,(H,25,27). The normalized spacial score (nSPS) is 15.2. The summed E-state index contributed by atoms with van der Waals surface area (Å²) in [6.07, 6.45) is 6.44. The number of rotatable bonds is 4. The second-order valence-electron chi connectivity index (χ2n) is 6.66. The number of nitrogens with zero attached hydrogens (tertiary/aromatic N) is 4. The summed E-state index contributed by atoms with van der Waals surface area (Å²) < 4.78 is 13.4. The van der Waals surface area contributed by atoms with Gasteiger partial charge in [0, 0.05) is 24.2 Å². The molecule has 144 valence electrons. The number of carbonyl (C=O) groups is 1. The Morgan fingerprint density at radius 3 is 2.83 bits per heavy atom. The van der Waals surface area contributed by atoms with Gasteiger partial charge < -0.3 is 14.8 Å². The van der Waals surface area contributed by atoms with Gasteiger partial charge in [-0.15, -0.1) is 0 Å². The lowest BCUT2D eigenvalue weighted by molar-refractivity contribution is 0.0759. The molecule has 2 aromatic carbocycles. The van der Waals surface area contributed by atoms with Crippen LogP contribution in [0.4, 0.5) is 5.69 Å². The molecule has 1 aliphatic rings. The van der Waals surface area contributed by atoms with Gasteiger partial charge in [0.2, 0.25) is 0 Å². The van der Waals surface area contributed by atoms with Gasteiger partial charge in [-0.2, -0.15) is 5.10 Å². The summed E-state index contributed by atoms with van der Waals surface area (Å²) in [7, 11) is 0. The molecule has 1 aliphatic heterocycles. The summed E-state index contributed by atoms with van der Waals surface area (Å²) >= 11 is 0. The van der Waals surface area contributed by atoms with E-state index in [0.29, 0.717) is 29.9 Å². The van der Waals surface area contributed by atoms with Crippen molar-refractivity contribution in [1.29, 1.82) is 0 Å². The third-order valence-corrected chi connectivity index (χ3v) is 4.58. The lowest BCUT2D eigenvalue weighted by atomic mass is 10.2. The Labute approximate surface area is 166 Å². The van der Waals surface area contributed by atoms with Gasteiger partial charge in [-0.1, -0.05) is 12.1 Å². The second-order valence-corrected chi connectivity index (χ2v) is 6.66. The van der Waals surface area contributed by atoms with E-state index in [1.54, 1.807) is 47.7 Å². The Kier molecular flexibility index (Phi) is 4.28. The van der Waals surface area contributed by atoms with Gasteiger partial charge in [0.25, 0.3) is 5.91 Å². The highest BCUT2D eigenvalue weighted by atomic mass is 16.6. The largest absolute Gasteiger partial charge is 0.486 e. The molecule has 0 saturated heterocycles. The highest BCUT2D eigenvalue weighted by molar-refractivity contribution is 6.05. The first-order valence-corrected chi connectivity index (χ1v) is 9.18. The first-order valence-electron chi connectivity index (χ1n) is 9.18. The van der Waals surface area contributed by atoms with Crippen molar-refractivity contribution in [3.63, 3.8) is 0 Å². The minimum absolute atomic E-state index is 0.160. The lowest BCUT2D eigenvalue weighted by Gasteiger charge is -2.26. The van der Waals surface area contributed by atoms with Crippen molar-refractivity contribution in [2.24, 2.45) is 0 Å². The quantitative estimate of drug-likeness (QED) is 0.579. The first-order chi connectivity index (χ1) is 14.2. The Morgan fingerprint density at radius 2 is 1.93 bits per heavy atom. The molecule has 1 N–H and O–H groups in total. The second kappa shape index (κ2) is 7.23. The Hall–Kier alpha value is -3.94. The molecule has 0 fully saturated rings. The zero-order chi connectivity index (χ0) is 19.6. The molecule has 0 radical (unpaired) electrons. The van der Waals surface area contributed by atoms with Gasteiger partial charge in [-0.25, -0.2) is 0 Å². The molecular weight excluding hydrogens is 370 g/mol. The molecule has 8 heteroatoms. The van der Waals surface area contributed by atoms with Gasteiger partial charge >= 0.3 is 0 Å². The number of para-hydroxylation sites is 2. The van der Waals surface area contributed by atoms with Crippen LogP contribution in [-0.4, -0.2) is 38.4 Å². The zero-order valence-electron chi connectivity index (χ0n) is 15.4. The molecule has 1 unspecified atom stereocenters. The highest BCUT2D eigenvalue weighted by Gasteiger charge is 2.21. The Morgan fingerprint density at radius 1 is 1.10 bits per heavy atom. The minimum atomic E-state index is -0.233. The van der Waals surface area contributed by atoms with E-state index >= 15 is 0 Å². The van der Waals surface area contributed by atoms with Crippen LogP contribution in [0.25, 0.3) is 11.0 Å². The molecule has 0 bridgehead atoms. The maximum Gasteiger partial charge on any atom is 0.255 e. The third-order valence-electron chi connectivity index (χ3n) is 4.58. The highest BCUT2D eigenvalue weighted by Crippen LogP contribution is 2.31. The van der Waals surface area contributed by atoms with Crippen molar-refractivity contribution >= 4 is 22.6 Å². The van der Waals surface area contributed by atoms with E-state index in [4.69, 9.17) is 9.47 Å². The molecule has 0 saturated carbocycles. The van der Waals surface area contributed by atoms with E-state index in [9.17, 15) is 4.79 Å². The van der Waals surface area contributed by atoms with E-state index in [-0.39, 0.29) is 12.0 Å². The van der Waals surface area contributed by atoms with Crippen molar-refractivity contribution in [3.8, 4) is 11.5 Å². The summed E-state index contributed by atoms with van der Waals surface area (Å²) in [5.74, 6) is 1.24. The van der Waals surface area contributed by atoms with E-state index < -0.39 is 0 Å². The van der Waals surface area contributed by atoms with Crippen molar-refractivity contribution in [2.45, 2.75) is 12.6 Å². The van der Waals surface area contributed by atoms with Gasteiger partial charge in [-0.05, 0) is 30.3 Å². The molecule has 29 heavy (non-hydrogen) atoms. The average molecular weight is 387 g/mol. The Balaban J connectivity index is 1.25. The fourth-order valence-corrected chi connectivity index (χ4v) is 3.20. The minimum Gasteiger partial charge on any atom is -0.486 e. The van der Waals surface area contributed by atoms with Crippen molar-refractivity contribution in [3.05, 3.63) is 72.8 Å². The Bertz CT molecular complexity index is 1190. The average Bonchev–Trinajstić information content (AvgIpc) is 3.20. The lowest BCUT2D eigenvalue weighted by Crippen LogP contribution is -2.33. The van der Waals surface area contributed by atoms with E-state index in [1.807, 2.05) is 24.3 Å². The number of amides is 1. The van der Waals surface area contributed by atoms with Crippen molar-refractivity contribution in [2.75, 3.05) is 11.9 Å². The SMILES string of the molecule is O=C(Nc1cnn(CC2COc3ccccc3O2)c1)c1ccc2nccnc2c1. The molecule has 4 aromatic rings. The molecule has 0 spiro atoms. The number of benzene rings is 2. The molecular formula is C21H17N5O3. The van der Waals surface area contributed by atoms with Crippen LogP contribution in [-0.2, 0) is 6.54 Å². The number of hydrogen-bond acceptors (Lipinski definition) is 6. The number of carbonyl (C=O) groups excluding carboxylic acids is 1. The third kappa shape index (κ3) is 3.60. The fraction of sp³-hybridized carbons (Fsp3) is 0.143. The first kappa shape index (κ1) is 17.2. The fourth-order valence-electron chi connectivity index (χ4n) is 3.20. The van der Waals surface area contributed by atoms with E-state index in [1.165, 1.54) is 0 Å². The number of nitrogens with one attached hydrogen (secondary N) is 1. The maximum absolute atomic E-state index is 12.6. The van der Waals surface area contributed by atoms with Crippen LogP contribution < -0.4 is 14.8 Å². The smallest absolute Gasteiger partial charge is 0.255 e. The van der Waals surface area contributed by atoms with Gasteiger partial charge in [0.1, 0.15) is 6.61 Å². The van der Waals surface area contributed by atoms with Crippen LogP contribution >= 0.6 is 0 Å². The number of hydrogen-bond donors (Lipinski definition) is 1. The molecule has 8 nitrogen and oxygen atoms in total. The van der Waals surface area contributed by atoms with E-state index in [0.717, 1.165) is 17.0 Å². The predicted octanol–water partition coefficient (Wildman–Crippen LogP) is 2.92. The summed E-state index contributed by atoms with van der Waals surface area (Å²) in [6, 6.07) is 12.8. The molecule has 1 amide bonds. The maximum atomic E-state index is 12.6.